The molecule has 2 aromatic rings. The second-order valence-corrected chi connectivity index (χ2v) is 4.14. The van der Waals surface area contributed by atoms with E-state index in [0.717, 1.165) is 5.56 Å². The van der Waals surface area contributed by atoms with Crippen LogP contribution >= 0.6 is 0 Å². The lowest BCUT2D eigenvalue weighted by atomic mass is 10.2. The molecule has 0 radical (unpaired) electrons. The van der Waals surface area contributed by atoms with Gasteiger partial charge in [0.15, 0.2) is 0 Å². The predicted octanol–water partition coefficient (Wildman–Crippen LogP) is 3.24. The number of nitrogens with two attached hydrogens (primary N) is 1. The van der Waals surface area contributed by atoms with Gasteiger partial charge < -0.3 is 5.73 Å². The Hall–Kier alpha value is -2.69. The highest BCUT2D eigenvalue weighted by molar-refractivity contribution is 5.88. The van der Waals surface area contributed by atoms with Crippen molar-refractivity contribution in [3.63, 3.8) is 0 Å². The Kier molecular flexibility index (Phi) is 3.56. The van der Waals surface area contributed by atoms with Crippen LogP contribution < -0.4 is 5.73 Å². The number of nitro benzene ring substituents is 1. The summed E-state index contributed by atoms with van der Waals surface area (Å²) in [5.74, 6) is 0. The van der Waals surface area contributed by atoms with Gasteiger partial charge in [-0.3, -0.25) is 15.1 Å². The molecule has 2 rings (SSSR count). The first-order valence-corrected chi connectivity index (χ1v) is 5.71. The molecule has 5 nitrogen and oxygen atoms in total. The second kappa shape index (κ2) is 5.30. The molecule has 2 N–H and O–H groups in total. The number of nitrogens with zero attached hydrogens (tertiary/aromatic N) is 2. The van der Waals surface area contributed by atoms with Crippen molar-refractivity contribution < 1.29 is 4.92 Å². The quantitative estimate of drug-likeness (QED) is 0.395. The number of rotatable bonds is 3. The van der Waals surface area contributed by atoms with E-state index in [4.69, 9.17) is 5.73 Å². The van der Waals surface area contributed by atoms with Crippen LogP contribution in [0.3, 0.4) is 0 Å². The van der Waals surface area contributed by atoms with Crippen molar-refractivity contribution in [3.8, 4) is 0 Å². The smallest absolute Gasteiger partial charge is 0.278 e. The van der Waals surface area contributed by atoms with Crippen LogP contribution in [-0.2, 0) is 0 Å². The molecule has 19 heavy (non-hydrogen) atoms. The zero-order valence-electron chi connectivity index (χ0n) is 10.4. The second-order valence-electron chi connectivity index (χ2n) is 4.14. The summed E-state index contributed by atoms with van der Waals surface area (Å²) in [6.45, 7) is 1.93. The molecule has 2 aromatic carbocycles. The van der Waals surface area contributed by atoms with Gasteiger partial charge >= 0.3 is 0 Å². The van der Waals surface area contributed by atoms with Gasteiger partial charge in [-0.05, 0) is 30.7 Å². The molecule has 0 aromatic heterocycles. The molecule has 0 saturated carbocycles. The monoisotopic (exact) mass is 255 g/mol. The highest BCUT2D eigenvalue weighted by Crippen LogP contribution is 2.24. The highest BCUT2D eigenvalue weighted by Gasteiger charge is 2.10. The van der Waals surface area contributed by atoms with E-state index in [1.165, 1.54) is 12.3 Å². The van der Waals surface area contributed by atoms with Crippen LogP contribution in [0.15, 0.2) is 47.5 Å². The van der Waals surface area contributed by atoms with Gasteiger partial charge in [-0.15, -0.1) is 0 Å². The SMILES string of the molecule is Cc1ccc(N)c(N=Cc2ccccc2[N+](=O)[O-])c1. The first-order valence-electron chi connectivity index (χ1n) is 5.71. The van der Waals surface area contributed by atoms with Crippen molar-refractivity contribution in [1.29, 1.82) is 0 Å². The fraction of sp³-hybridized carbons (Fsp3) is 0.0714. The first kappa shape index (κ1) is 12.8. The van der Waals surface area contributed by atoms with Gasteiger partial charge in [0, 0.05) is 12.3 Å². The van der Waals surface area contributed by atoms with Gasteiger partial charge in [0.1, 0.15) is 0 Å². The van der Waals surface area contributed by atoms with E-state index in [2.05, 4.69) is 4.99 Å². The Balaban J connectivity index is 2.38. The molecule has 0 fully saturated rings. The molecule has 5 heteroatoms. The van der Waals surface area contributed by atoms with E-state index < -0.39 is 4.92 Å². The van der Waals surface area contributed by atoms with Gasteiger partial charge in [-0.1, -0.05) is 18.2 Å². The highest BCUT2D eigenvalue weighted by atomic mass is 16.6. The number of aryl methyl sites for hydroxylation is 1. The average molecular weight is 255 g/mol. The number of hydrogen-bond acceptors (Lipinski definition) is 4. The Morgan fingerprint density at radius 3 is 2.74 bits per heavy atom. The van der Waals surface area contributed by atoms with Gasteiger partial charge in [0.2, 0.25) is 0 Å². The first-order chi connectivity index (χ1) is 9.08. The van der Waals surface area contributed by atoms with Crippen molar-refractivity contribution in [2.45, 2.75) is 6.92 Å². The minimum Gasteiger partial charge on any atom is -0.397 e. The molecular formula is C14H13N3O2. The summed E-state index contributed by atoms with van der Waals surface area (Å²) in [6.07, 6.45) is 1.46. The van der Waals surface area contributed by atoms with Crippen LogP contribution in [0.2, 0.25) is 0 Å². The summed E-state index contributed by atoms with van der Waals surface area (Å²) in [5, 5.41) is 10.9. The fourth-order valence-electron chi connectivity index (χ4n) is 1.67. The Morgan fingerprint density at radius 2 is 2.00 bits per heavy atom. The summed E-state index contributed by atoms with van der Waals surface area (Å²) in [7, 11) is 0. The molecule has 96 valence electrons. The Bertz CT molecular complexity index is 651. The van der Waals surface area contributed by atoms with E-state index in [-0.39, 0.29) is 5.69 Å². The van der Waals surface area contributed by atoms with E-state index in [1.54, 1.807) is 24.3 Å². The Morgan fingerprint density at radius 1 is 1.26 bits per heavy atom. The van der Waals surface area contributed by atoms with E-state index >= 15 is 0 Å². The van der Waals surface area contributed by atoms with E-state index in [0.29, 0.717) is 16.9 Å². The maximum atomic E-state index is 10.9. The lowest BCUT2D eigenvalue weighted by molar-refractivity contribution is -0.385. The lowest BCUT2D eigenvalue weighted by Gasteiger charge is -2.01. The summed E-state index contributed by atoms with van der Waals surface area (Å²) in [6, 6.07) is 11.9. The zero-order valence-corrected chi connectivity index (χ0v) is 10.4. The lowest BCUT2D eigenvalue weighted by Crippen LogP contribution is -1.94. The number of hydrogen-bond donors (Lipinski definition) is 1. The minimum absolute atomic E-state index is 0.0254. The van der Waals surface area contributed by atoms with Crippen LogP contribution in [-0.4, -0.2) is 11.1 Å². The topological polar surface area (TPSA) is 81.5 Å². The third-order valence-electron chi connectivity index (χ3n) is 2.66. The van der Waals surface area contributed by atoms with E-state index in [9.17, 15) is 10.1 Å². The number of nitrogen functional groups attached to an aromatic ring is 1. The fourth-order valence-corrected chi connectivity index (χ4v) is 1.67. The molecule has 0 aliphatic heterocycles. The van der Waals surface area contributed by atoms with Gasteiger partial charge in [0.05, 0.1) is 21.9 Å². The summed E-state index contributed by atoms with van der Waals surface area (Å²) in [4.78, 5) is 14.7. The van der Waals surface area contributed by atoms with Crippen LogP contribution in [0.5, 0.6) is 0 Å². The zero-order chi connectivity index (χ0) is 13.8. The molecular weight excluding hydrogens is 242 g/mol. The predicted molar refractivity (Wildman–Crippen MR) is 75.9 cm³/mol. The number of benzene rings is 2. The summed E-state index contributed by atoms with van der Waals surface area (Å²) >= 11 is 0. The number of anilines is 1. The van der Waals surface area contributed by atoms with Crippen molar-refractivity contribution in [3.05, 3.63) is 63.7 Å². The summed E-state index contributed by atoms with van der Waals surface area (Å²) < 4.78 is 0. The van der Waals surface area contributed by atoms with Crippen LogP contribution in [0.4, 0.5) is 17.1 Å². The number of nitro groups is 1. The molecule has 0 saturated heterocycles. The number of aliphatic imine (C=N–C) groups is 1. The molecule has 0 heterocycles. The van der Waals surface area contributed by atoms with E-state index in [1.807, 2.05) is 19.1 Å². The molecule has 0 bridgehead atoms. The molecule has 0 aliphatic rings. The molecule has 0 unspecified atom stereocenters. The van der Waals surface area contributed by atoms with Crippen molar-refractivity contribution >= 4 is 23.3 Å². The van der Waals surface area contributed by atoms with Gasteiger partial charge in [-0.25, -0.2) is 0 Å². The van der Waals surface area contributed by atoms with Crippen LogP contribution in [0.25, 0.3) is 0 Å². The van der Waals surface area contributed by atoms with Gasteiger partial charge in [-0.2, -0.15) is 0 Å². The normalized spacial score (nSPS) is 10.8. The van der Waals surface area contributed by atoms with Crippen LogP contribution in [0.1, 0.15) is 11.1 Å². The van der Waals surface area contributed by atoms with Gasteiger partial charge in [0.25, 0.3) is 5.69 Å². The third kappa shape index (κ3) is 2.95. The molecule has 0 amide bonds. The third-order valence-corrected chi connectivity index (χ3v) is 2.66. The maximum Gasteiger partial charge on any atom is 0.278 e. The molecule has 0 atom stereocenters. The molecule has 0 aliphatic carbocycles. The summed E-state index contributed by atoms with van der Waals surface area (Å²) in [5.41, 5.74) is 8.46. The minimum atomic E-state index is -0.430. The van der Waals surface area contributed by atoms with Crippen molar-refractivity contribution in [2.24, 2.45) is 4.99 Å². The Labute approximate surface area is 110 Å². The average Bonchev–Trinajstić information content (AvgIpc) is 2.40. The van der Waals surface area contributed by atoms with Crippen molar-refractivity contribution in [2.75, 3.05) is 5.73 Å². The van der Waals surface area contributed by atoms with Crippen molar-refractivity contribution in [1.82, 2.24) is 0 Å². The largest absolute Gasteiger partial charge is 0.397 e. The maximum absolute atomic E-state index is 10.9. The van der Waals surface area contributed by atoms with Crippen LogP contribution in [0, 0.1) is 17.0 Å². The number of para-hydroxylation sites is 1. The molecule has 0 spiro atoms. The standard InChI is InChI=1S/C14H13N3O2/c1-10-6-7-12(15)13(8-10)16-9-11-4-2-3-5-14(11)17(18)19/h2-9H,15H2,1H3.